The van der Waals surface area contributed by atoms with Crippen molar-refractivity contribution in [2.75, 3.05) is 0 Å². The first-order chi connectivity index (χ1) is 21.8. The number of aromatic nitrogens is 4. The van der Waals surface area contributed by atoms with E-state index in [4.69, 9.17) is 9.97 Å². The van der Waals surface area contributed by atoms with Crippen molar-refractivity contribution in [1.82, 2.24) is 19.1 Å². The van der Waals surface area contributed by atoms with Crippen LogP contribution < -0.4 is 0 Å². The normalized spacial score (nSPS) is 11.6. The molecule has 9 aromatic rings. The van der Waals surface area contributed by atoms with E-state index in [1.54, 1.807) is 0 Å². The average molecular weight is 563 g/mol. The second-order valence-corrected chi connectivity index (χ2v) is 11.1. The Bertz CT molecular complexity index is 2470. The maximum atomic E-state index is 5.34. The van der Waals surface area contributed by atoms with Gasteiger partial charge in [0.25, 0.3) is 0 Å². The van der Waals surface area contributed by atoms with Crippen LogP contribution in [0.1, 0.15) is 0 Å². The monoisotopic (exact) mass is 562 g/mol. The van der Waals surface area contributed by atoms with Gasteiger partial charge >= 0.3 is 0 Å². The van der Waals surface area contributed by atoms with Gasteiger partial charge in [0.1, 0.15) is 5.52 Å². The molecule has 3 heterocycles. The number of fused-ring (bicyclic) bond motifs is 6. The summed E-state index contributed by atoms with van der Waals surface area (Å²) in [7, 11) is 0. The van der Waals surface area contributed by atoms with Crippen LogP contribution in [-0.2, 0) is 0 Å². The Kier molecular flexibility index (Phi) is 5.47. The van der Waals surface area contributed by atoms with E-state index in [-0.39, 0.29) is 0 Å². The fraction of sp³-hybridized carbons (Fsp3) is 0. The summed E-state index contributed by atoms with van der Waals surface area (Å²) in [4.78, 5) is 10.7. The number of para-hydroxylation sites is 4. The third-order valence-corrected chi connectivity index (χ3v) is 8.51. The lowest BCUT2D eigenvalue weighted by Gasteiger charge is -2.12. The van der Waals surface area contributed by atoms with Crippen LogP contribution in [0.15, 0.2) is 158 Å². The largest absolute Gasteiger partial charge is 0.309 e. The maximum absolute atomic E-state index is 5.34. The summed E-state index contributed by atoms with van der Waals surface area (Å²) in [6, 6.07) is 55.2. The zero-order valence-electron chi connectivity index (χ0n) is 23.8. The lowest BCUT2D eigenvalue weighted by atomic mass is 10.1. The molecule has 0 amide bonds. The molecule has 0 saturated heterocycles. The summed E-state index contributed by atoms with van der Waals surface area (Å²) < 4.78 is 4.63. The molecule has 4 heteroatoms. The Morgan fingerprint density at radius 3 is 1.64 bits per heavy atom. The third-order valence-electron chi connectivity index (χ3n) is 8.51. The van der Waals surface area contributed by atoms with Crippen molar-refractivity contribution in [2.45, 2.75) is 0 Å². The molecule has 6 aromatic carbocycles. The molecule has 0 radical (unpaired) electrons. The van der Waals surface area contributed by atoms with E-state index in [9.17, 15) is 0 Å². The molecule has 0 N–H and O–H groups in total. The summed E-state index contributed by atoms with van der Waals surface area (Å²) >= 11 is 0. The van der Waals surface area contributed by atoms with Gasteiger partial charge < -0.3 is 9.13 Å². The smallest absolute Gasteiger partial charge is 0.160 e. The van der Waals surface area contributed by atoms with Crippen molar-refractivity contribution in [3.05, 3.63) is 158 Å². The average Bonchev–Trinajstić information content (AvgIpc) is 3.62. The minimum atomic E-state index is 0.714. The van der Waals surface area contributed by atoms with Gasteiger partial charge in [-0.25, -0.2) is 9.97 Å². The zero-order valence-corrected chi connectivity index (χ0v) is 23.8. The van der Waals surface area contributed by atoms with Gasteiger partial charge in [-0.2, -0.15) is 0 Å². The minimum absolute atomic E-state index is 0.714. The van der Waals surface area contributed by atoms with Gasteiger partial charge in [0.15, 0.2) is 5.82 Å². The van der Waals surface area contributed by atoms with Crippen LogP contribution >= 0.6 is 0 Å². The third kappa shape index (κ3) is 3.71. The summed E-state index contributed by atoms with van der Waals surface area (Å²) in [6.45, 7) is 0. The lowest BCUT2D eigenvalue weighted by Crippen LogP contribution is -1.99. The van der Waals surface area contributed by atoms with E-state index in [2.05, 4.69) is 161 Å². The van der Waals surface area contributed by atoms with E-state index in [0.717, 1.165) is 55.6 Å². The van der Waals surface area contributed by atoms with Gasteiger partial charge in [-0.1, -0.05) is 103 Å². The molecule has 44 heavy (non-hydrogen) atoms. The van der Waals surface area contributed by atoms with Crippen LogP contribution in [0.3, 0.4) is 0 Å². The van der Waals surface area contributed by atoms with Crippen molar-refractivity contribution >= 4 is 43.7 Å². The highest BCUT2D eigenvalue weighted by Crippen LogP contribution is 2.39. The Morgan fingerprint density at radius 1 is 0.386 bits per heavy atom. The second kappa shape index (κ2) is 9.79. The van der Waals surface area contributed by atoms with E-state index in [1.165, 1.54) is 16.3 Å². The summed E-state index contributed by atoms with van der Waals surface area (Å²) in [6.07, 6.45) is 0. The molecular weight excluding hydrogens is 536 g/mol. The van der Waals surface area contributed by atoms with Gasteiger partial charge in [0, 0.05) is 38.7 Å². The van der Waals surface area contributed by atoms with Crippen molar-refractivity contribution in [3.8, 4) is 34.0 Å². The predicted octanol–water partition coefficient (Wildman–Crippen LogP) is 10.0. The number of benzene rings is 6. The van der Waals surface area contributed by atoms with Crippen molar-refractivity contribution in [3.63, 3.8) is 0 Å². The van der Waals surface area contributed by atoms with E-state index in [1.807, 2.05) is 6.07 Å². The molecule has 0 aliphatic carbocycles. The fourth-order valence-electron chi connectivity index (χ4n) is 6.58. The Balaban J connectivity index is 1.36. The van der Waals surface area contributed by atoms with Gasteiger partial charge in [0.05, 0.1) is 27.8 Å². The van der Waals surface area contributed by atoms with Crippen molar-refractivity contribution < 1.29 is 0 Å². The molecule has 3 aromatic heterocycles. The van der Waals surface area contributed by atoms with Crippen LogP contribution in [0.2, 0.25) is 0 Å². The summed E-state index contributed by atoms with van der Waals surface area (Å²) in [5, 5.41) is 3.49. The second-order valence-electron chi connectivity index (χ2n) is 11.1. The summed E-state index contributed by atoms with van der Waals surface area (Å²) in [5.74, 6) is 0.714. The summed E-state index contributed by atoms with van der Waals surface area (Å²) in [5.41, 5.74) is 10.6. The highest BCUT2D eigenvalue weighted by molar-refractivity contribution is 6.13. The molecule has 4 nitrogen and oxygen atoms in total. The molecule has 9 rings (SSSR count). The molecule has 0 saturated carbocycles. The molecule has 0 atom stereocenters. The number of nitrogens with zero attached hydrogens (tertiary/aromatic N) is 4. The van der Waals surface area contributed by atoms with Gasteiger partial charge in [-0.15, -0.1) is 0 Å². The molecule has 0 unspecified atom stereocenters. The topological polar surface area (TPSA) is 35.6 Å². The van der Waals surface area contributed by atoms with Crippen molar-refractivity contribution in [2.24, 2.45) is 0 Å². The van der Waals surface area contributed by atoms with Gasteiger partial charge in [0.2, 0.25) is 0 Å². The van der Waals surface area contributed by atoms with Crippen LogP contribution in [0, 0.1) is 0 Å². The van der Waals surface area contributed by atoms with Crippen LogP contribution in [0.5, 0.6) is 0 Å². The minimum Gasteiger partial charge on any atom is -0.309 e. The molecule has 0 aliphatic rings. The highest BCUT2D eigenvalue weighted by atomic mass is 15.0. The molecule has 0 spiro atoms. The highest BCUT2D eigenvalue weighted by Gasteiger charge is 2.21. The lowest BCUT2D eigenvalue weighted by molar-refractivity contribution is 1.15. The molecule has 0 bridgehead atoms. The predicted molar refractivity (Wildman–Crippen MR) is 182 cm³/mol. The molecule has 0 fully saturated rings. The number of hydrogen-bond acceptors (Lipinski definition) is 2. The Labute approximate surface area is 254 Å². The Hall–Kier alpha value is -6.00. The number of hydrogen-bond donors (Lipinski definition) is 0. The standard InChI is InChI=1S/C40H26N4/c1-4-14-27(15-5-1)37-39-38(32-21-11-13-23-35(32)44(39)30-18-8-3-9-19-30)42-40(41-37)28-24-25-36-33(26-28)31-20-10-12-22-34(31)43(36)29-16-6-2-7-17-29/h1-26H. The van der Waals surface area contributed by atoms with E-state index < -0.39 is 0 Å². The van der Waals surface area contributed by atoms with Crippen molar-refractivity contribution in [1.29, 1.82) is 0 Å². The Morgan fingerprint density at radius 2 is 0.932 bits per heavy atom. The molecule has 0 aliphatic heterocycles. The van der Waals surface area contributed by atoms with Gasteiger partial charge in [-0.3, -0.25) is 0 Å². The van der Waals surface area contributed by atoms with E-state index in [0.29, 0.717) is 5.82 Å². The molecular formula is C40H26N4. The SMILES string of the molecule is c1ccc(-c2nc(-c3ccc4c(c3)c3ccccc3n4-c3ccccc3)nc3c4ccccc4n(-c4ccccc4)c23)cc1. The first-order valence-electron chi connectivity index (χ1n) is 14.9. The quantitative estimate of drug-likeness (QED) is 0.214. The maximum Gasteiger partial charge on any atom is 0.160 e. The first kappa shape index (κ1) is 24.6. The first-order valence-corrected chi connectivity index (χ1v) is 14.9. The number of rotatable bonds is 4. The van der Waals surface area contributed by atoms with E-state index >= 15 is 0 Å². The molecule has 206 valence electrons. The van der Waals surface area contributed by atoms with Crippen LogP contribution in [0.25, 0.3) is 77.8 Å². The van der Waals surface area contributed by atoms with Gasteiger partial charge in [-0.05, 0) is 54.6 Å². The van der Waals surface area contributed by atoms with Crippen LogP contribution in [-0.4, -0.2) is 19.1 Å². The van der Waals surface area contributed by atoms with Crippen LogP contribution in [0.4, 0.5) is 0 Å². The zero-order chi connectivity index (χ0) is 29.0. The fourth-order valence-corrected chi connectivity index (χ4v) is 6.58.